The number of hydrogen-bond donors (Lipinski definition) is 1. The van der Waals surface area contributed by atoms with E-state index in [-0.39, 0.29) is 0 Å². The number of rotatable bonds is 2. The first kappa shape index (κ1) is 14.4. The number of benzene rings is 2. The molecule has 0 bridgehead atoms. The van der Waals surface area contributed by atoms with Gasteiger partial charge in [0, 0.05) is 19.5 Å². The maximum Gasteiger partial charge on any atom is 0.147 e. The number of anilines is 1. The van der Waals surface area contributed by atoms with E-state index in [1.54, 1.807) is 0 Å². The molecular weight excluding hydrogens is 310 g/mol. The van der Waals surface area contributed by atoms with E-state index in [1.807, 2.05) is 12.3 Å². The van der Waals surface area contributed by atoms with E-state index >= 15 is 0 Å². The summed E-state index contributed by atoms with van der Waals surface area (Å²) in [5.74, 6) is 1.67. The van der Waals surface area contributed by atoms with Crippen LogP contribution in [0.4, 0.5) is 11.5 Å². The second kappa shape index (κ2) is 5.55. The molecule has 0 radical (unpaired) electrons. The van der Waals surface area contributed by atoms with Gasteiger partial charge in [0.1, 0.15) is 11.7 Å². The van der Waals surface area contributed by atoms with Crippen LogP contribution in [0.2, 0.25) is 0 Å². The lowest BCUT2D eigenvalue weighted by Crippen LogP contribution is -2.19. The van der Waals surface area contributed by atoms with Gasteiger partial charge in [-0.15, -0.1) is 0 Å². The molecule has 2 aromatic carbocycles. The quantitative estimate of drug-likeness (QED) is 0.782. The van der Waals surface area contributed by atoms with Gasteiger partial charge in [0.25, 0.3) is 0 Å². The number of hydrogen-bond acceptors (Lipinski definition) is 5. The smallest absolute Gasteiger partial charge is 0.147 e. The monoisotopic (exact) mass is 329 g/mol. The topological polar surface area (TPSA) is 67.4 Å². The van der Waals surface area contributed by atoms with Gasteiger partial charge in [-0.1, -0.05) is 18.2 Å². The minimum atomic E-state index is 0.687. The number of nitrogens with zero attached hydrogens (tertiary/aromatic N) is 4. The Hall–Kier alpha value is -2.95. The Balaban J connectivity index is 1.56. The third kappa shape index (κ3) is 2.52. The predicted octanol–water partition coefficient (Wildman–Crippen LogP) is 3.44. The van der Waals surface area contributed by atoms with Crippen molar-refractivity contribution in [1.29, 1.82) is 0 Å². The summed E-state index contributed by atoms with van der Waals surface area (Å²) >= 11 is 0. The molecule has 3 heterocycles. The molecule has 2 aliphatic heterocycles. The first-order chi connectivity index (χ1) is 12.3. The van der Waals surface area contributed by atoms with Crippen LogP contribution in [0.15, 0.2) is 47.6 Å². The van der Waals surface area contributed by atoms with Crippen molar-refractivity contribution in [1.82, 2.24) is 9.97 Å². The van der Waals surface area contributed by atoms with Crippen molar-refractivity contribution in [2.45, 2.75) is 19.3 Å². The lowest BCUT2D eigenvalue weighted by molar-refractivity contribution is 0.936. The first-order valence-electron chi connectivity index (χ1n) is 8.74. The van der Waals surface area contributed by atoms with Gasteiger partial charge >= 0.3 is 0 Å². The summed E-state index contributed by atoms with van der Waals surface area (Å²) in [5, 5.41) is 0. The van der Waals surface area contributed by atoms with Crippen LogP contribution in [0.5, 0.6) is 0 Å². The van der Waals surface area contributed by atoms with E-state index in [0.717, 1.165) is 53.2 Å². The fraction of sp³-hybridized carbons (Fsp3) is 0.250. The minimum absolute atomic E-state index is 0.687. The lowest BCUT2D eigenvalue weighted by atomic mass is 10.0. The third-order valence-electron chi connectivity index (χ3n) is 5.01. The van der Waals surface area contributed by atoms with Crippen molar-refractivity contribution in [2.75, 3.05) is 18.0 Å². The zero-order valence-electron chi connectivity index (χ0n) is 13.9. The molecule has 0 spiro atoms. The summed E-state index contributed by atoms with van der Waals surface area (Å²) in [6, 6.07) is 12.6. The van der Waals surface area contributed by atoms with Crippen LogP contribution in [-0.2, 0) is 6.42 Å². The second-order valence-corrected chi connectivity index (χ2v) is 6.75. The Bertz CT molecular complexity index is 1000. The van der Waals surface area contributed by atoms with Crippen LogP contribution < -0.4 is 10.6 Å². The molecule has 2 aliphatic rings. The normalized spacial score (nSPS) is 16.3. The van der Waals surface area contributed by atoms with Crippen LogP contribution >= 0.6 is 0 Å². The van der Waals surface area contributed by atoms with Gasteiger partial charge in [0.15, 0.2) is 0 Å². The molecule has 3 aromatic rings. The van der Waals surface area contributed by atoms with Crippen molar-refractivity contribution in [2.24, 2.45) is 10.7 Å². The van der Waals surface area contributed by atoms with Gasteiger partial charge in [-0.05, 0) is 47.7 Å². The number of fused-ring (bicyclic) bond motifs is 2. The lowest BCUT2D eigenvalue weighted by Gasteiger charge is -2.16. The van der Waals surface area contributed by atoms with Crippen LogP contribution in [0.1, 0.15) is 18.4 Å². The molecule has 5 heteroatoms. The fourth-order valence-electron chi connectivity index (χ4n) is 3.67. The largest absolute Gasteiger partial charge is 0.387 e. The highest BCUT2D eigenvalue weighted by Gasteiger charge is 2.15. The molecule has 124 valence electrons. The zero-order chi connectivity index (χ0) is 16.8. The number of amidine groups is 1. The summed E-state index contributed by atoms with van der Waals surface area (Å²) in [5.41, 5.74) is 12.1. The van der Waals surface area contributed by atoms with Crippen molar-refractivity contribution in [3.63, 3.8) is 0 Å². The highest BCUT2D eigenvalue weighted by molar-refractivity contribution is 5.92. The van der Waals surface area contributed by atoms with Crippen molar-refractivity contribution in [3.05, 3.63) is 48.2 Å². The van der Waals surface area contributed by atoms with E-state index in [4.69, 9.17) is 10.7 Å². The Morgan fingerprint density at radius 1 is 0.920 bits per heavy atom. The van der Waals surface area contributed by atoms with Crippen LogP contribution in [0.3, 0.4) is 0 Å². The summed E-state index contributed by atoms with van der Waals surface area (Å²) in [6.07, 6.45) is 5.11. The van der Waals surface area contributed by atoms with Crippen LogP contribution in [0.25, 0.3) is 22.2 Å². The SMILES string of the molecule is NC1=Nc2cc(-c3ccc4ncc(N5CCCC5)nc4c3)ccc2C1. The number of aromatic nitrogens is 2. The Labute approximate surface area is 146 Å². The average Bonchev–Trinajstić information content (AvgIpc) is 3.28. The number of nitrogens with two attached hydrogens (primary N) is 1. The molecule has 1 aromatic heterocycles. The van der Waals surface area contributed by atoms with Gasteiger partial charge in [-0.3, -0.25) is 4.98 Å². The average molecular weight is 329 g/mol. The van der Waals surface area contributed by atoms with Crippen LogP contribution in [0, 0.1) is 0 Å². The minimum Gasteiger partial charge on any atom is -0.387 e. The number of aliphatic imine (C=N–C) groups is 1. The summed E-state index contributed by atoms with van der Waals surface area (Å²) < 4.78 is 0. The van der Waals surface area contributed by atoms with Gasteiger partial charge in [0.05, 0.1) is 22.9 Å². The highest BCUT2D eigenvalue weighted by atomic mass is 15.2. The van der Waals surface area contributed by atoms with E-state index in [9.17, 15) is 0 Å². The molecule has 5 rings (SSSR count). The Morgan fingerprint density at radius 3 is 2.60 bits per heavy atom. The van der Waals surface area contributed by atoms with Crippen molar-refractivity contribution >= 4 is 28.4 Å². The third-order valence-corrected chi connectivity index (χ3v) is 5.01. The molecule has 0 unspecified atom stereocenters. The molecule has 0 aliphatic carbocycles. The molecule has 1 saturated heterocycles. The summed E-state index contributed by atoms with van der Waals surface area (Å²) in [6.45, 7) is 2.15. The molecule has 2 N–H and O–H groups in total. The summed E-state index contributed by atoms with van der Waals surface area (Å²) in [7, 11) is 0. The Morgan fingerprint density at radius 2 is 1.72 bits per heavy atom. The van der Waals surface area contributed by atoms with Crippen molar-refractivity contribution in [3.8, 4) is 11.1 Å². The van der Waals surface area contributed by atoms with Gasteiger partial charge in [-0.25, -0.2) is 9.98 Å². The highest BCUT2D eigenvalue weighted by Crippen LogP contribution is 2.32. The maximum atomic E-state index is 5.85. The molecule has 25 heavy (non-hydrogen) atoms. The zero-order valence-corrected chi connectivity index (χ0v) is 13.9. The molecule has 0 atom stereocenters. The molecule has 0 saturated carbocycles. The predicted molar refractivity (Wildman–Crippen MR) is 101 cm³/mol. The van der Waals surface area contributed by atoms with Crippen LogP contribution in [-0.4, -0.2) is 28.9 Å². The molecule has 0 amide bonds. The molecule has 5 nitrogen and oxygen atoms in total. The Kier molecular flexibility index (Phi) is 3.20. The van der Waals surface area contributed by atoms with Crippen molar-refractivity contribution < 1.29 is 0 Å². The summed E-state index contributed by atoms with van der Waals surface area (Å²) in [4.78, 5) is 16.2. The van der Waals surface area contributed by atoms with E-state index in [2.05, 4.69) is 45.2 Å². The van der Waals surface area contributed by atoms with Gasteiger partial charge in [0.2, 0.25) is 0 Å². The maximum absolute atomic E-state index is 5.85. The second-order valence-electron chi connectivity index (χ2n) is 6.75. The van der Waals surface area contributed by atoms with E-state index in [0.29, 0.717) is 5.84 Å². The van der Waals surface area contributed by atoms with E-state index < -0.39 is 0 Å². The van der Waals surface area contributed by atoms with E-state index in [1.165, 1.54) is 18.4 Å². The molecule has 1 fully saturated rings. The first-order valence-corrected chi connectivity index (χ1v) is 8.74. The molecular formula is C20H19N5. The van der Waals surface area contributed by atoms with Gasteiger partial charge in [-0.2, -0.15) is 0 Å². The standard InChI is InChI=1S/C20H19N5/c21-19-11-15-4-3-13(9-17(15)23-19)14-5-6-16-18(10-14)24-20(12-22-16)25-7-1-2-8-25/h3-6,9-10,12H,1-2,7-8,11H2,(H2,21,23). The fourth-order valence-corrected chi connectivity index (χ4v) is 3.67. The van der Waals surface area contributed by atoms with Gasteiger partial charge < -0.3 is 10.6 Å².